The van der Waals surface area contributed by atoms with Gasteiger partial charge < -0.3 is 20.2 Å². The van der Waals surface area contributed by atoms with Crippen LogP contribution in [0.15, 0.2) is 40.8 Å². The van der Waals surface area contributed by atoms with Crippen molar-refractivity contribution in [2.75, 3.05) is 5.32 Å². The second-order valence-corrected chi connectivity index (χ2v) is 8.70. The fraction of sp³-hybridized carbons (Fsp3) is 0.318. The second kappa shape index (κ2) is 7.83. The number of thiocarbonyl (C=S) groups is 1. The van der Waals surface area contributed by atoms with Crippen LogP contribution in [0, 0.1) is 5.41 Å². The van der Waals surface area contributed by atoms with Gasteiger partial charge in [-0.25, -0.2) is 4.98 Å². The van der Waals surface area contributed by atoms with E-state index in [1.807, 2.05) is 18.2 Å². The van der Waals surface area contributed by atoms with Crippen LogP contribution in [0.5, 0.6) is 5.75 Å². The molecule has 0 fully saturated rings. The number of hydrogen-bond acceptors (Lipinski definition) is 5. The summed E-state index contributed by atoms with van der Waals surface area (Å²) in [4.78, 5) is 16.5. The summed E-state index contributed by atoms with van der Waals surface area (Å²) in [5.41, 5.74) is 3.05. The van der Waals surface area contributed by atoms with E-state index in [9.17, 15) is 9.90 Å². The van der Waals surface area contributed by atoms with Crippen LogP contribution in [0.4, 0.5) is 5.69 Å². The molecule has 0 aliphatic carbocycles. The van der Waals surface area contributed by atoms with Gasteiger partial charge in [0.15, 0.2) is 10.7 Å². The maximum Gasteiger partial charge on any atom is 0.231 e. The van der Waals surface area contributed by atoms with Crippen molar-refractivity contribution in [2.24, 2.45) is 5.41 Å². The summed E-state index contributed by atoms with van der Waals surface area (Å²) in [7, 11) is 0. The molecule has 0 aliphatic heterocycles. The number of aromatic hydroxyl groups is 1. The van der Waals surface area contributed by atoms with Gasteiger partial charge in [0.1, 0.15) is 11.3 Å². The Morgan fingerprint density at radius 2 is 1.90 bits per heavy atom. The quantitative estimate of drug-likeness (QED) is 0.515. The van der Waals surface area contributed by atoms with Crippen LogP contribution in [0.2, 0.25) is 0 Å². The van der Waals surface area contributed by atoms with Gasteiger partial charge >= 0.3 is 0 Å². The lowest BCUT2D eigenvalue weighted by Gasteiger charge is -2.18. The smallest absolute Gasteiger partial charge is 0.231 e. The summed E-state index contributed by atoms with van der Waals surface area (Å²) < 4.78 is 5.81. The van der Waals surface area contributed by atoms with Gasteiger partial charge in [-0.2, -0.15) is 0 Å². The van der Waals surface area contributed by atoms with Crippen molar-refractivity contribution in [1.82, 2.24) is 10.3 Å². The molecule has 0 saturated heterocycles. The normalized spacial score (nSPS) is 11.7. The Morgan fingerprint density at radius 3 is 2.52 bits per heavy atom. The first-order valence-corrected chi connectivity index (χ1v) is 9.82. The number of benzene rings is 2. The van der Waals surface area contributed by atoms with Crippen molar-refractivity contribution < 1.29 is 14.3 Å². The fourth-order valence-corrected chi connectivity index (χ4v) is 2.87. The Balaban J connectivity index is 1.80. The second-order valence-electron chi connectivity index (χ2n) is 8.29. The molecule has 1 amide bonds. The molecule has 152 valence electrons. The van der Waals surface area contributed by atoms with E-state index in [1.165, 1.54) is 11.6 Å². The summed E-state index contributed by atoms with van der Waals surface area (Å²) in [6.45, 7) is 9.64. The van der Waals surface area contributed by atoms with Crippen molar-refractivity contribution in [3.05, 3.63) is 42.0 Å². The number of fused-ring (bicyclic) bond motifs is 1. The fourth-order valence-electron chi connectivity index (χ4n) is 2.66. The Hall–Kier alpha value is -2.93. The van der Waals surface area contributed by atoms with Gasteiger partial charge in [0.2, 0.25) is 11.8 Å². The van der Waals surface area contributed by atoms with Crippen molar-refractivity contribution in [2.45, 2.75) is 40.5 Å². The van der Waals surface area contributed by atoms with Gasteiger partial charge in [-0.3, -0.25) is 4.79 Å². The SMILES string of the molecule is CC(C)c1ccc2oc(-c3ccc(NC(=S)NC(=O)C(C)(C)C)cc3O)nc2c1. The number of nitrogens with zero attached hydrogens (tertiary/aromatic N) is 1. The number of phenolic OH excluding ortho intramolecular Hbond substituents is 1. The van der Waals surface area contributed by atoms with Crippen LogP contribution < -0.4 is 10.6 Å². The lowest BCUT2D eigenvalue weighted by Crippen LogP contribution is -2.41. The summed E-state index contributed by atoms with van der Waals surface area (Å²) in [5, 5.41) is 16.2. The standard InChI is InChI=1S/C22H25N3O3S/c1-12(2)13-6-9-18-16(10-13)24-19(28-18)15-8-7-14(11-17(15)26)23-21(29)25-20(27)22(3,4)5/h6-12,26H,1-5H3,(H2,23,25,27,29). The van der Waals surface area contributed by atoms with E-state index < -0.39 is 5.41 Å². The molecule has 3 N–H and O–H groups in total. The molecule has 29 heavy (non-hydrogen) atoms. The first kappa shape index (κ1) is 20.8. The van der Waals surface area contributed by atoms with Crippen molar-refractivity contribution in [1.29, 1.82) is 0 Å². The molecule has 0 saturated carbocycles. The van der Waals surface area contributed by atoms with Crippen LogP contribution >= 0.6 is 12.2 Å². The van der Waals surface area contributed by atoms with Crippen LogP contribution in [0.1, 0.15) is 46.1 Å². The zero-order valence-corrected chi connectivity index (χ0v) is 18.0. The zero-order valence-electron chi connectivity index (χ0n) is 17.2. The summed E-state index contributed by atoms with van der Waals surface area (Å²) in [5.74, 6) is 0.535. The van der Waals surface area contributed by atoms with Gasteiger partial charge in [-0.15, -0.1) is 0 Å². The minimum atomic E-state index is -0.555. The molecule has 6 nitrogen and oxygen atoms in total. The molecule has 0 spiro atoms. The van der Waals surface area contributed by atoms with Gasteiger partial charge in [-0.1, -0.05) is 40.7 Å². The molecule has 1 heterocycles. The van der Waals surface area contributed by atoms with E-state index in [0.29, 0.717) is 28.6 Å². The molecule has 3 rings (SSSR count). The monoisotopic (exact) mass is 411 g/mol. The highest BCUT2D eigenvalue weighted by Crippen LogP contribution is 2.33. The number of carbonyl (C=O) groups is 1. The van der Waals surface area contributed by atoms with Crippen molar-refractivity contribution in [3.8, 4) is 17.2 Å². The predicted octanol–water partition coefficient (Wildman–Crippen LogP) is 5.18. The first-order valence-electron chi connectivity index (χ1n) is 9.41. The third kappa shape index (κ3) is 4.74. The van der Waals surface area contributed by atoms with Crippen LogP contribution in [-0.2, 0) is 4.79 Å². The Morgan fingerprint density at radius 1 is 1.17 bits per heavy atom. The van der Waals surface area contributed by atoms with Crippen LogP contribution in [0.25, 0.3) is 22.6 Å². The topological polar surface area (TPSA) is 87.4 Å². The van der Waals surface area contributed by atoms with Crippen LogP contribution in [-0.4, -0.2) is 21.1 Å². The van der Waals surface area contributed by atoms with E-state index in [0.717, 1.165) is 5.52 Å². The Labute approximate surface area is 175 Å². The number of oxazole rings is 1. The average molecular weight is 412 g/mol. The molecule has 0 atom stereocenters. The molecule has 0 aliphatic rings. The highest BCUT2D eigenvalue weighted by Gasteiger charge is 2.22. The molecule has 0 unspecified atom stereocenters. The molecular weight excluding hydrogens is 386 g/mol. The number of aromatic nitrogens is 1. The molecule has 1 aromatic heterocycles. The van der Waals surface area contributed by atoms with Gasteiger partial charge in [0.25, 0.3) is 0 Å². The molecule has 0 bridgehead atoms. The minimum Gasteiger partial charge on any atom is -0.507 e. The maximum absolute atomic E-state index is 12.0. The summed E-state index contributed by atoms with van der Waals surface area (Å²) >= 11 is 5.17. The predicted molar refractivity (Wildman–Crippen MR) is 119 cm³/mol. The van der Waals surface area contributed by atoms with Gasteiger partial charge in [-0.05, 0) is 48.0 Å². The molecular formula is C22H25N3O3S. The Bertz CT molecular complexity index is 1080. The molecule has 0 radical (unpaired) electrons. The highest BCUT2D eigenvalue weighted by molar-refractivity contribution is 7.80. The lowest BCUT2D eigenvalue weighted by molar-refractivity contribution is -0.126. The molecule has 7 heteroatoms. The maximum atomic E-state index is 12.0. The number of rotatable bonds is 3. The number of nitrogens with one attached hydrogen (secondary N) is 2. The largest absolute Gasteiger partial charge is 0.507 e. The highest BCUT2D eigenvalue weighted by atomic mass is 32.1. The van der Waals surface area contributed by atoms with Gasteiger partial charge in [0.05, 0.1) is 5.56 Å². The molecule has 3 aromatic rings. The third-order valence-corrected chi connectivity index (χ3v) is 4.68. The van der Waals surface area contributed by atoms with E-state index in [1.54, 1.807) is 32.9 Å². The minimum absolute atomic E-state index is 0.00409. The van der Waals surface area contributed by atoms with E-state index in [2.05, 4.69) is 29.5 Å². The average Bonchev–Trinajstić information content (AvgIpc) is 3.03. The van der Waals surface area contributed by atoms with Crippen molar-refractivity contribution in [3.63, 3.8) is 0 Å². The van der Waals surface area contributed by atoms with E-state index in [4.69, 9.17) is 16.6 Å². The number of hydrogen-bond donors (Lipinski definition) is 3. The number of phenols is 1. The number of carbonyl (C=O) groups excluding carboxylic acids is 1. The summed E-state index contributed by atoms with van der Waals surface area (Å²) in [6.07, 6.45) is 0. The number of amides is 1. The van der Waals surface area contributed by atoms with Gasteiger partial charge in [0, 0.05) is 17.2 Å². The first-order chi connectivity index (χ1) is 13.5. The van der Waals surface area contributed by atoms with E-state index in [-0.39, 0.29) is 16.8 Å². The summed E-state index contributed by atoms with van der Waals surface area (Å²) in [6, 6.07) is 10.8. The number of anilines is 1. The zero-order chi connectivity index (χ0) is 21.3. The third-order valence-electron chi connectivity index (χ3n) is 4.47. The lowest BCUT2D eigenvalue weighted by atomic mass is 9.96. The van der Waals surface area contributed by atoms with Crippen LogP contribution in [0.3, 0.4) is 0 Å². The molecule has 2 aromatic carbocycles. The van der Waals surface area contributed by atoms with Crippen molar-refractivity contribution >= 4 is 40.0 Å². The Kier molecular flexibility index (Phi) is 5.61. The van der Waals surface area contributed by atoms with E-state index >= 15 is 0 Å².